The van der Waals surface area contributed by atoms with Gasteiger partial charge in [-0.15, -0.1) is 0 Å². The Hall–Kier alpha value is -2.89. The van der Waals surface area contributed by atoms with Crippen LogP contribution in [0.15, 0.2) is 42.6 Å². The monoisotopic (exact) mass is 379 g/mol. The van der Waals surface area contributed by atoms with Crippen molar-refractivity contribution in [1.29, 1.82) is 0 Å². The van der Waals surface area contributed by atoms with Gasteiger partial charge in [-0.25, -0.2) is 4.98 Å². The first-order valence-electron chi connectivity index (χ1n) is 9.72. The van der Waals surface area contributed by atoms with Gasteiger partial charge in [0.15, 0.2) is 0 Å². The van der Waals surface area contributed by atoms with Gasteiger partial charge in [-0.1, -0.05) is 29.8 Å². The number of aryl methyl sites for hydroxylation is 1. The fourth-order valence-electron chi connectivity index (χ4n) is 3.80. The molecule has 1 N–H and O–H groups in total. The van der Waals surface area contributed by atoms with Gasteiger partial charge in [-0.3, -0.25) is 9.59 Å². The van der Waals surface area contributed by atoms with E-state index in [4.69, 9.17) is 4.74 Å². The SMILES string of the molecule is COc1ncccc1C(=O)N1C[C@@H](NC(=O)C2CC2)[C@H](c2ccc(C)cc2)C1. The molecule has 1 aromatic heterocycles. The summed E-state index contributed by atoms with van der Waals surface area (Å²) in [4.78, 5) is 31.5. The molecule has 2 heterocycles. The van der Waals surface area contributed by atoms with Crippen LogP contribution in [0.5, 0.6) is 5.88 Å². The molecule has 2 amide bonds. The maximum absolute atomic E-state index is 13.1. The van der Waals surface area contributed by atoms with Crippen LogP contribution in [-0.4, -0.2) is 47.9 Å². The number of methoxy groups -OCH3 is 1. The first-order valence-corrected chi connectivity index (χ1v) is 9.72. The molecule has 0 spiro atoms. The number of benzene rings is 1. The lowest BCUT2D eigenvalue weighted by molar-refractivity contribution is -0.123. The van der Waals surface area contributed by atoms with Crippen molar-refractivity contribution >= 4 is 11.8 Å². The summed E-state index contributed by atoms with van der Waals surface area (Å²) in [6.07, 6.45) is 3.53. The van der Waals surface area contributed by atoms with E-state index >= 15 is 0 Å². The molecular weight excluding hydrogens is 354 g/mol. The van der Waals surface area contributed by atoms with Gasteiger partial charge in [0, 0.05) is 31.1 Å². The van der Waals surface area contributed by atoms with Gasteiger partial charge in [-0.05, 0) is 37.5 Å². The smallest absolute Gasteiger partial charge is 0.259 e. The summed E-state index contributed by atoms with van der Waals surface area (Å²) in [7, 11) is 1.51. The molecule has 1 saturated heterocycles. The zero-order valence-electron chi connectivity index (χ0n) is 16.2. The van der Waals surface area contributed by atoms with Crippen LogP contribution < -0.4 is 10.1 Å². The molecule has 2 aliphatic rings. The number of likely N-dealkylation sites (tertiary alicyclic amines) is 1. The number of nitrogens with one attached hydrogen (secondary N) is 1. The van der Waals surface area contributed by atoms with Crippen LogP contribution in [0.4, 0.5) is 0 Å². The van der Waals surface area contributed by atoms with Crippen molar-refractivity contribution in [1.82, 2.24) is 15.2 Å². The van der Waals surface area contributed by atoms with Crippen LogP contribution >= 0.6 is 0 Å². The van der Waals surface area contributed by atoms with E-state index in [0.29, 0.717) is 24.5 Å². The topological polar surface area (TPSA) is 71.5 Å². The van der Waals surface area contributed by atoms with E-state index in [9.17, 15) is 9.59 Å². The summed E-state index contributed by atoms with van der Waals surface area (Å²) in [5, 5.41) is 3.19. The number of hydrogen-bond donors (Lipinski definition) is 1. The number of carbonyl (C=O) groups is 2. The summed E-state index contributed by atoms with van der Waals surface area (Å²) in [6.45, 7) is 3.08. The molecule has 1 aliphatic heterocycles. The highest BCUT2D eigenvalue weighted by molar-refractivity contribution is 5.96. The van der Waals surface area contributed by atoms with E-state index in [1.807, 2.05) is 0 Å². The highest BCUT2D eigenvalue weighted by Crippen LogP contribution is 2.33. The molecule has 146 valence electrons. The highest BCUT2D eigenvalue weighted by Gasteiger charge is 2.40. The van der Waals surface area contributed by atoms with Crippen molar-refractivity contribution in [3.8, 4) is 5.88 Å². The Labute approximate surface area is 164 Å². The van der Waals surface area contributed by atoms with E-state index in [0.717, 1.165) is 18.4 Å². The quantitative estimate of drug-likeness (QED) is 0.867. The number of rotatable bonds is 5. The second-order valence-corrected chi connectivity index (χ2v) is 7.68. The summed E-state index contributed by atoms with van der Waals surface area (Å²) in [5.74, 6) is 0.516. The van der Waals surface area contributed by atoms with Crippen molar-refractivity contribution in [3.63, 3.8) is 0 Å². The van der Waals surface area contributed by atoms with Crippen LogP contribution in [-0.2, 0) is 4.79 Å². The predicted octanol–water partition coefficient (Wildman–Crippen LogP) is 2.53. The van der Waals surface area contributed by atoms with Gasteiger partial charge in [0.1, 0.15) is 5.56 Å². The normalized spacial score (nSPS) is 21.4. The second-order valence-electron chi connectivity index (χ2n) is 7.68. The van der Waals surface area contributed by atoms with Crippen molar-refractivity contribution in [2.24, 2.45) is 5.92 Å². The second kappa shape index (κ2) is 7.62. The maximum Gasteiger partial charge on any atom is 0.259 e. The molecule has 0 radical (unpaired) electrons. The largest absolute Gasteiger partial charge is 0.480 e. The van der Waals surface area contributed by atoms with E-state index < -0.39 is 0 Å². The number of amides is 2. The number of nitrogens with zero attached hydrogens (tertiary/aromatic N) is 2. The lowest BCUT2D eigenvalue weighted by Crippen LogP contribution is -2.41. The van der Waals surface area contributed by atoms with Crippen LogP contribution in [0.3, 0.4) is 0 Å². The van der Waals surface area contributed by atoms with Gasteiger partial charge < -0.3 is 15.0 Å². The average Bonchev–Trinajstić information content (AvgIpc) is 3.49. The number of carbonyl (C=O) groups excluding carboxylic acids is 2. The fraction of sp³-hybridized carbons (Fsp3) is 0.409. The van der Waals surface area contributed by atoms with Crippen molar-refractivity contribution in [3.05, 3.63) is 59.3 Å². The summed E-state index contributed by atoms with van der Waals surface area (Å²) in [6, 6.07) is 11.7. The Morgan fingerprint density at radius 2 is 1.89 bits per heavy atom. The molecule has 2 fully saturated rings. The molecule has 2 aromatic rings. The average molecular weight is 379 g/mol. The van der Waals surface area contributed by atoms with Crippen LogP contribution in [0.2, 0.25) is 0 Å². The zero-order valence-corrected chi connectivity index (χ0v) is 16.2. The fourth-order valence-corrected chi connectivity index (χ4v) is 3.80. The van der Waals surface area contributed by atoms with Crippen LogP contribution in [0, 0.1) is 12.8 Å². The third kappa shape index (κ3) is 3.72. The Morgan fingerprint density at radius 1 is 1.14 bits per heavy atom. The van der Waals surface area contributed by atoms with E-state index in [-0.39, 0.29) is 29.7 Å². The van der Waals surface area contributed by atoms with E-state index in [1.54, 1.807) is 23.2 Å². The molecular formula is C22H25N3O3. The Morgan fingerprint density at radius 3 is 2.57 bits per heavy atom. The Bertz CT molecular complexity index is 877. The number of pyridine rings is 1. The van der Waals surface area contributed by atoms with Crippen molar-refractivity contribution in [2.75, 3.05) is 20.2 Å². The van der Waals surface area contributed by atoms with Crippen LogP contribution in [0.25, 0.3) is 0 Å². The third-order valence-electron chi connectivity index (χ3n) is 5.58. The van der Waals surface area contributed by atoms with E-state index in [1.165, 1.54) is 12.7 Å². The standard InChI is InChI=1S/C22H25N3O3/c1-14-5-7-15(8-6-14)18-12-25(13-19(18)24-20(26)16-9-10-16)22(27)17-4-3-11-23-21(17)28-2/h3-8,11,16,18-19H,9-10,12-13H2,1-2H3,(H,24,26)/t18-,19+/m0/s1. The van der Waals surface area contributed by atoms with Gasteiger partial charge in [-0.2, -0.15) is 0 Å². The molecule has 28 heavy (non-hydrogen) atoms. The third-order valence-corrected chi connectivity index (χ3v) is 5.58. The first-order chi connectivity index (χ1) is 13.6. The molecule has 0 bridgehead atoms. The van der Waals surface area contributed by atoms with Crippen molar-refractivity contribution in [2.45, 2.75) is 31.7 Å². The minimum absolute atomic E-state index is 0.0647. The molecule has 0 unspecified atom stereocenters. The van der Waals surface area contributed by atoms with Gasteiger partial charge in [0.2, 0.25) is 11.8 Å². The maximum atomic E-state index is 13.1. The summed E-state index contributed by atoms with van der Waals surface area (Å²) >= 11 is 0. The minimum atomic E-state index is -0.120. The molecule has 2 atom stereocenters. The van der Waals surface area contributed by atoms with Crippen LogP contribution in [0.1, 0.15) is 40.2 Å². The first kappa shape index (κ1) is 18.5. The predicted molar refractivity (Wildman–Crippen MR) is 105 cm³/mol. The molecule has 6 nitrogen and oxygen atoms in total. The van der Waals surface area contributed by atoms with Gasteiger partial charge in [0.05, 0.1) is 13.2 Å². The van der Waals surface area contributed by atoms with Gasteiger partial charge in [0.25, 0.3) is 5.91 Å². The van der Waals surface area contributed by atoms with Gasteiger partial charge >= 0.3 is 0 Å². The lowest BCUT2D eigenvalue weighted by Gasteiger charge is -2.20. The number of aromatic nitrogens is 1. The highest BCUT2D eigenvalue weighted by atomic mass is 16.5. The summed E-state index contributed by atoms with van der Waals surface area (Å²) in [5.41, 5.74) is 2.77. The lowest BCUT2D eigenvalue weighted by atomic mass is 9.93. The van der Waals surface area contributed by atoms with Crippen molar-refractivity contribution < 1.29 is 14.3 Å². The number of ether oxygens (including phenoxy) is 1. The molecule has 6 heteroatoms. The Kier molecular flexibility index (Phi) is 5.03. The number of hydrogen-bond acceptors (Lipinski definition) is 4. The summed E-state index contributed by atoms with van der Waals surface area (Å²) < 4.78 is 5.25. The molecule has 4 rings (SSSR count). The Balaban J connectivity index is 1.58. The van der Waals surface area contributed by atoms with E-state index in [2.05, 4.69) is 41.5 Å². The molecule has 1 aromatic carbocycles. The molecule has 1 saturated carbocycles. The minimum Gasteiger partial charge on any atom is -0.480 e. The zero-order chi connectivity index (χ0) is 19.7. The molecule has 1 aliphatic carbocycles.